The lowest BCUT2D eigenvalue weighted by Gasteiger charge is -2.08. The largest absolute Gasteiger partial charge is 0.438 e. The molecule has 1 aliphatic carbocycles. The number of fused-ring (bicyclic) bond motifs is 3. The standard InChI is InChI=1S/C16H15NO/c1-2-5-11(4-1)12-7-8-13-14-6-3-9-17-16(14)18-15(13)10-12/h3,6-11H,1-2,4-5H2. The highest BCUT2D eigenvalue weighted by molar-refractivity contribution is 6.03. The van der Waals surface area contributed by atoms with Crippen molar-refractivity contribution < 1.29 is 4.42 Å². The minimum absolute atomic E-state index is 0.732. The molecule has 0 N–H and O–H groups in total. The van der Waals surface area contributed by atoms with Crippen molar-refractivity contribution in [1.29, 1.82) is 0 Å². The lowest BCUT2D eigenvalue weighted by atomic mass is 9.97. The minimum Gasteiger partial charge on any atom is -0.438 e. The number of hydrogen-bond donors (Lipinski definition) is 0. The van der Waals surface area contributed by atoms with Crippen molar-refractivity contribution in [3.05, 3.63) is 42.1 Å². The first-order valence-electron chi connectivity index (χ1n) is 6.69. The van der Waals surface area contributed by atoms with Crippen LogP contribution in [0.4, 0.5) is 0 Å². The third-order valence-electron chi connectivity index (χ3n) is 4.10. The van der Waals surface area contributed by atoms with E-state index in [0.29, 0.717) is 0 Å². The quantitative estimate of drug-likeness (QED) is 0.616. The zero-order valence-electron chi connectivity index (χ0n) is 10.2. The zero-order valence-corrected chi connectivity index (χ0v) is 10.2. The monoisotopic (exact) mass is 237 g/mol. The Bertz CT molecular complexity index is 707. The fourth-order valence-corrected chi connectivity index (χ4v) is 3.14. The molecule has 90 valence electrons. The van der Waals surface area contributed by atoms with Gasteiger partial charge in [0.2, 0.25) is 5.71 Å². The predicted octanol–water partition coefficient (Wildman–Crippen LogP) is 4.64. The van der Waals surface area contributed by atoms with Gasteiger partial charge in [-0.1, -0.05) is 25.0 Å². The molecule has 1 fully saturated rings. The molecular weight excluding hydrogens is 222 g/mol. The van der Waals surface area contributed by atoms with Crippen molar-refractivity contribution in [3.8, 4) is 0 Å². The summed E-state index contributed by atoms with van der Waals surface area (Å²) >= 11 is 0. The molecule has 1 aromatic carbocycles. The first kappa shape index (κ1) is 10.1. The van der Waals surface area contributed by atoms with E-state index in [1.54, 1.807) is 6.20 Å². The van der Waals surface area contributed by atoms with E-state index in [-0.39, 0.29) is 0 Å². The maximum atomic E-state index is 5.84. The Hall–Kier alpha value is -1.83. The van der Waals surface area contributed by atoms with Gasteiger partial charge in [-0.15, -0.1) is 0 Å². The second kappa shape index (κ2) is 3.84. The summed E-state index contributed by atoms with van der Waals surface area (Å²) in [5.74, 6) is 0.732. The normalized spacial score (nSPS) is 16.9. The second-order valence-electron chi connectivity index (χ2n) is 5.20. The van der Waals surface area contributed by atoms with Gasteiger partial charge in [0, 0.05) is 17.0 Å². The molecule has 0 saturated heterocycles. The van der Waals surface area contributed by atoms with Crippen molar-refractivity contribution in [3.63, 3.8) is 0 Å². The molecule has 4 rings (SSSR count). The van der Waals surface area contributed by atoms with E-state index in [4.69, 9.17) is 4.42 Å². The fourth-order valence-electron chi connectivity index (χ4n) is 3.14. The van der Waals surface area contributed by atoms with Crippen LogP contribution in [-0.4, -0.2) is 4.98 Å². The van der Waals surface area contributed by atoms with Gasteiger partial charge in [0.25, 0.3) is 0 Å². The van der Waals surface area contributed by atoms with E-state index in [1.807, 2.05) is 6.07 Å². The molecule has 18 heavy (non-hydrogen) atoms. The number of hydrogen-bond acceptors (Lipinski definition) is 2. The molecule has 0 spiro atoms. The van der Waals surface area contributed by atoms with Gasteiger partial charge < -0.3 is 4.42 Å². The molecule has 2 heterocycles. The maximum Gasteiger partial charge on any atom is 0.227 e. The van der Waals surface area contributed by atoms with Crippen molar-refractivity contribution >= 4 is 22.1 Å². The summed E-state index contributed by atoms with van der Waals surface area (Å²) in [5.41, 5.74) is 3.16. The molecule has 0 radical (unpaired) electrons. The molecule has 2 heteroatoms. The van der Waals surface area contributed by atoms with Gasteiger partial charge in [-0.2, -0.15) is 0 Å². The molecule has 0 unspecified atom stereocenters. The van der Waals surface area contributed by atoms with Crippen LogP contribution in [0, 0.1) is 0 Å². The summed E-state index contributed by atoms with van der Waals surface area (Å²) < 4.78 is 5.84. The molecule has 2 nitrogen and oxygen atoms in total. The van der Waals surface area contributed by atoms with Crippen LogP contribution in [0.2, 0.25) is 0 Å². The summed E-state index contributed by atoms with van der Waals surface area (Å²) in [5, 5.41) is 2.30. The highest BCUT2D eigenvalue weighted by Crippen LogP contribution is 2.36. The highest BCUT2D eigenvalue weighted by Gasteiger charge is 2.18. The number of rotatable bonds is 1. The lowest BCUT2D eigenvalue weighted by Crippen LogP contribution is -1.90. The molecule has 0 bridgehead atoms. The van der Waals surface area contributed by atoms with Crippen LogP contribution in [0.3, 0.4) is 0 Å². The van der Waals surface area contributed by atoms with Crippen LogP contribution in [-0.2, 0) is 0 Å². The third-order valence-corrected chi connectivity index (χ3v) is 4.10. The highest BCUT2D eigenvalue weighted by atomic mass is 16.3. The van der Waals surface area contributed by atoms with Crippen LogP contribution < -0.4 is 0 Å². The number of nitrogens with zero attached hydrogens (tertiary/aromatic N) is 1. The van der Waals surface area contributed by atoms with E-state index < -0.39 is 0 Å². The molecule has 3 aromatic rings. The van der Waals surface area contributed by atoms with Crippen LogP contribution in [0.25, 0.3) is 22.1 Å². The van der Waals surface area contributed by atoms with Gasteiger partial charge in [-0.3, -0.25) is 0 Å². The van der Waals surface area contributed by atoms with E-state index >= 15 is 0 Å². The third kappa shape index (κ3) is 1.45. The van der Waals surface area contributed by atoms with Crippen LogP contribution in [0.15, 0.2) is 40.9 Å². The molecule has 1 saturated carbocycles. The van der Waals surface area contributed by atoms with E-state index in [0.717, 1.165) is 22.6 Å². The Balaban J connectivity index is 1.92. The summed E-state index contributed by atoms with van der Waals surface area (Å²) in [7, 11) is 0. The van der Waals surface area contributed by atoms with E-state index in [9.17, 15) is 0 Å². The Labute approximate surface area is 106 Å². The molecule has 0 amide bonds. The Morgan fingerprint density at radius 3 is 2.83 bits per heavy atom. The van der Waals surface area contributed by atoms with Crippen molar-refractivity contribution in [2.24, 2.45) is 0 Å². The van der Waals surface area contributed by atoms with E-state index in [2.05, 4.69) is 29.2 Å². The first-order valence-corrected chi connectivity index (χ1v) is 6.69. The number of benzene rings is 1. The molecule has 1 aliphatic rings. The molecule has 0 aliphatic heterocycles. The van der Waals surface area contributed by atoms with E-state index in [1.165, 1.54) is 36.6 Å². The van der Waals surface area contributed by atoms with Crippen molar-refractivity contribution in [2.45, 2.75) is 31.6 Å². The van der Waals surface area contributed by atoms with Crippen LogP contribution >= 0.6 is 0 Å². The number of pyridine rings is 1. The number of aromatic nitrogens is 1. The van der Waals surface area contributed by atoms with Crippen molar-refractivity contribution in [1.82, 2.24) is 4.98 Å². The predicted molar refractivity (Wildman–Crippen MR) is 72.7 cm³/mol. The van der Waals surface area contributed by atoms with Crippen LogP contribution in [0.5, 0.6) is 0 Å². The van der Waals surface area contributed by atoms with Gasteiger partial charge in [0.15, 0.2) is 0 Å². The SMILES string of the molecule is c1cnc2oc3cc(C4CCCC4)ccc3c2c1. The van der Waals surface area contributed by atoms with Gasteiger partial charge >= 0.3 is 0 Å². The van der Waals surface area contributed by atoms with Gasteiger partial charge in [-0.05, 0) is 42.5 Å². The second-order valence-corrected chi connectivity index (χ2v) is 5.20. The number of furan rings is 1. The Morgan fingerprint density at radius 1 is 1.06 bits per heavy atom. The fraction of sp³-hybridized carbons (Fsp3) is 0.312. The molecular formula is C16H15NO. The molecule has 2 aromatic heterocycles. The summed E-state index contributed by atoms with van der Waals surface area (Å²) in [6.45, 7) is 0. The summed E-state index contributed by atoms with van der Waals surface area (Å²) in [4.78, 5) is 4.28. The van der Waals surface area contributed by atoms with Gasteiger partial charge in [0.05, 0.1) is 0 Å². The van der Waals surface area contributed by atoms with Gasteiger partial charge in [-0.25, -0.2) is 4.98 Å². The van der Waals surface area contributed by atoms with Crippen molar-refractivity contribution in [2.75, 3.05) is 0 Å². The Morgan fingerprint density at radius 2 is 1.94 bits per heavy atom. The lowest BCUT2D eigenvalue weighted by molar-refractivity contribution is 0.650. The average molecular weight is 237 g/mol. The average Bonchev–Trinajstić information content (AvgIpc) is 3.05. The summed E-state index contributed by atoms with van der Waals surface area (Å²) in [6, 6.07) is 10.7. The maximum absolute atomic E-state index is 5.84. The van der Waals surface area contributed by atoms with Crippen LogP contribution in [0.1, 0.15) is 37.2 Å². The molecule has 0 atom stereocenters. The van der Waals surface area contributed by atoms with Gasteiger partial charge in [0.1, 0.15) is 5.58 Å². The summed E-state index contributed by atoms with van der Waals surface area (Å²) in [6.07, 6.45) is 7.16. The topological polar surface area (TPSA) is 26.0 Å². The minimum atomic E-state index is 0.732. The first-order chi connectivity index (χ1) is 8.92. The smallest absolute Gasteiger partial charge is 0.227 e. The Kier molecular flexibility index (Phi) is 2.16. The zero-order chi connectivity index (χ0) is 11.9.